The summed E-state index contributed by atoms with van der Waals surface area (Å²) >= 11 is 6.05. The Balaban J connectivity index is 1.66. The molecule has 5 nitrogen and oxygen atoms in total. The zero-order chi connectivity index (χ0) is 19.0. The number of hydrogen-bond acceptors (Lipinski definition) is 3. The maximum absolute atomic E-state index is 12.3. The molecule has 1 aliphatic heterocycles. The zero-order valence-corrected chi connectivity index (χ0v) is 15.1. The fourth-order valence-electron chi connectivity index (χ4n) is 2.98. The molecule has 134 valence electrons. The van der Waals surface area contributed by atoms with Crippen molar-refractivity contribution >= 4 is 46.4 Å². The lowest BCUT2D eigenvalue weighted by molar-refractivity contribution is -0.114. The molecule has 27 heavy (non-hydrogen) atoms. The quantitative estimate of drug-likeness (QED) is 0.626. The lowest BCUT2D eigenvalue weighted by Crippen LogP contribution is -2.05. The predicted molar refractivity (Wildman–Crippen MR) is 106 cm³/mol. The number of benzene rings is 2. The minimum absolute atomic E-state index is 0.137. The van der Waals surface area contributed by atoms with Crippen LogP contribution in [0.15, 0.2) is 59.0 Å². The van der Waals surface area contributed by atoms with Gasteiger partial charge in [-0.05, 0) is 48.5 Å². The van der Waals surface area contributed by atoms with E-state index in [-0.39, 0.29) is 11.8 Å². The third kappa shape index (κ3) is 3.50. The van der Waals surface area contributed by atoms with Crippen molar-refractivity contribution in [3.63, 3.8) is 0 Å². The van der Waals surface area contributed by atoms with Crippen LogP contribution in [-0.4, -0.2) is 11.8 Å². The molecule has 0 saturated carbocycles. The molecule has 1 aromatic heterocycles. The second-order valence-corrected chi connectivity index (χ2v) is 6.60. The van der Waals surface area contributed by atoms with Gasteiger partial charge in [-0.2, -0.15) is 0 Å². The van der Waals surface area contributed by atoms with Gasteiger partial charge in [0.1, 0.15) is 11.5 Å². The monoisotopic (exact) mass is 378 g/mol. The summed E-state index contributed by atoms with van der Waals surface area (Å²) in [5, 5.41) is 6.12. The Kier molecular flexibility index (Phi) is 4.30. The lowest BCUT2D eigenvalue weighted by Gasteiger charge is -2.03. The van der Waals surface area contributed by atoms with Crippen LogP contribution in [0.1, 0.15) is 18.2 Å². The molecule has 2 heterocycles. The number of fused-ring (bicyclic) bond motifs is 1. The summed E-state index contributed by atoms with van der Waals surface area (Å²) in [4.78, 5) is 23.5. The van der Waals surface area contributed by atoms with E-state index in [9.17, 15) is 9.59 Å². The van der Waals surface area contributed by atoms with Crippen molar-refractivity contribution < 1.29 is 14.0 Å². The Bertz CT molecular complexity index is 1100. The van der Waals surface area contributed by atoms with Crippen LogP contribution in [-0.2, 0) is 9.59 Å². The highest BCUT2D eigenvalue weighted by Crippen LogP contribution is 2.35. The Morgan fingerprint density at radius 2 is 2.00 bits per heavy atom. The number of amides is 2. The summed E-state index contributed by atoms with van der Waals surface area (Å²) in [5.41, 5.74) is 3.49. The molecule has 0 aliphatic carbocycles. The summed E-state index contributed by atoms with van der Waals surface area (Å²) in [6, 6.07) is 16.2. The number of furan rings is 1. The van der Waals surface area contributed by atoms with E-state index in [1.165, 1.54) is 6.92 Å². The fraction of sp³-hybridized carbons (Fsp3) is 0.0476. The first kappa shape index (κ1) is 17.1. The van der Waals surface area contributed by atoms with Crippen molar-refractivity contribution in [2.45, 2.75) is 6.92 Å². The fourth-order valence-corrected chi connectivity index (χ4v) is 3.16. The van der Waals surface area contributed by atoms with Crippen LogP contribution in [0.25, 0.3) is 23.0 Å². The van der Waals surface area contributed by atoms with Gasteiger partial charge in [0, 0.05) is 34.4 Å². The standard InChI is InChI=1S/C21H15ClN2O3/c1-12(25)23-15-4-2-3-13(9-15)20-8-6-16(27-20)11-18-17-10-14(22)5-7-19(17)24-21(18)26/h2-11H,1H3,(H,23,25)(H,24,26)/b18-11-. The lowest BCUT2D eigenvalue weighted by atomic mass is 10.1. The van der Waals surface area contributed by atoms with Crippen LogP contribution in [0, 0.1) is 0 Å². The topological polar surface area (TPSA) is 71.3 Å². The molecule has 2 N–H and O–H groups in total. The summed E-state index contributed by atoms with van der Waals surface area (Å²) in [5.74, 6) is 0.853. The number of nitrogens with one attached hydrogen (secondary N) is 2. The average molecular weight is 379 g/mol. The van der Waals surface area contributed by atoms with E-state index in [2.05, 4.69) is 10.6 Å². The maximum atomic E-state index is 12.3. The third-order valence-electron chi connectivity index (χ3n) is 4.15. The van der Waals surface area contributed by atoms with Crippen molar-refractivity contribution in [3.8, 4) is 11.3 Å². The Morgan fingerprint density at radius 1 is 1.15 bits per heavy atom. The van der Waals surface area contributed by atoms with Crippen molar-refractivity contribution in [1.29, 1.82) is 0 Å². The molecule has 4 rings (SSSR count). The number of anilines is 2. The molecule has 0 radical (unpaired) electrons. The van der Waals surface area contributed by atoms with Gasteiger partial charge < -0.3 is 15.1 Å². The van der Waals surface area contributed by atoms with Crippen LogP contribution in [0.5, 0.6) is 0 Å². The highest BCUT2D eigenvalue weighted by atomic mass is 35.5. The van der Waals surface area contributed by atoms with E-state index in [0.29, 0.717) is 27.8 Å². The van der Waals surface area contributed by atoms with E-state index >= 15 is 0 Å². The van der Waals surface area contributed by atoms with Gasteiger partial charge in [-0.15, -0.1) is 0 Å². The van der Waals surface area contributed by atoms with Gasteiger partial charge in [0.25, 0.3) is 5.91 Å². The van der Waals surface area contributed by atoms with Crippen molar-refractivity contribution in [2.24, 2.45) is 0 Å². The number of rotatable bonds is 3. The van der Waals surface area contributed by atoms with Gasteiger partial charge >= 0.3 is 0 Å². The molecule has 0 saturated heterocycles. The number of carbonyl (C=O) groups is 2. The Hall–Kier alpha value is -3.31. The molecule has 0 fully saturated rings. The molecule has 2 aromatic carbocycles. The average Bonchev–Trinajstić information content (AvgIpc) is 3.20. The highest BCUT2D eigenvalue weighted by molar-refractivity contribution is 6.36. The molecule has 3 aromatic rings. The molecule has 1 aliphatic rings. The SMILES string of the molecule is CC(=O)Nc1cccc(-c2ccc(/C=C3\C(=O)Nc4ccc(Cl)cc43)o2)c1. The molecule has 6 heteroatoms. The van der Waals surface area contributed by atoms with Gasteiger partial charge in [0.15, 0.2) is 0 Å². The van der Waals surface area contributed by atoms with Gasteiger partial charge in [-0.25, -0.2) is 0 Å². The van der Waals surface area contributed by atoms with Crippen LogP contribution < -0.4 is 10.6 Å². The number of halogens is 1. The minimum Gasteiger partial charge on any atom is -0.457 e. The van der Waals surface area contributed by atoms with Gasteiger partial charge in [0.05, 0.1) is 5.57 Å². The van der Waals surface area contributed by atoms with Crippen LogP contribution in [0.4, 0.5) is 11.4 Å². The molecule has 0 bridgehead atoms. The first-order valence-electron chi connectivity index (χ1n) is 8.30. The van der Waals surface area contributed by atoms with E-state index in [1.807, 2.05) is 24.3 Å². The summed E-state index contributed by atoms with van der Waals surface area (Å²) in [7, 11) is 0. The second kappa shape index (κ2) is 6.78. The van der Waals surface area contributed by atoms with E-state index in [4.69, 9.17) is 16.0 Å². The Morgan fingerprint density at radius 3 is 2.81 bits per heavy atom. The first-order chi connectivity index (χ1) is 13.0. The summed E-state index contributed by atoms with van der Waals surface area (Å²) in [6.07, 6.45) is 1.69. The summed E-state index contributed by atoms with van der Waals surface area (Å²) < 4.78 is 5.88. The Labute approximate surface area is 160 Å². The van der Waals surface area contributed by atoms with E-state index in [1.54, 1.807) is 36.4 Å². The van der Waals surface area contributed by atoms with E-state index < -0.39 is 0 Å². The maximum Gasteiger partial charge on any atom is 0.256 e. The third-order valence-corrected chi connectivity index (χ3v) is 4.38. The molecule has 0 atom stereocenters. The van der Waals surface area contributed by atoms with Gasteiger partial charge in [-0.3, -0.25) is 9.59 Å². The van der Waals surface area contributed by atoms with Crippen molar-refractivity contribution in [1.82, 2.24) is 0 Å². The molecular weight excluding hydrogens is 364 g/mol. The predicted octanol–water partition coefficient (Wildman–Crippen LogP) is 5.05. The van der Waals surface area contributed by atoms with Crippen LogP contribution >= 0.6 is 11.6 Å². The molecule has 2 amide bonds. The van der Waals surface area contributed by atoms with Gasteiger partial charge in [-0.1, -0.05) is 23.7 Å². The first-order valence-corrected chi connectivity index (χ1v) is 8.68. The zero-order valence-electron chi connectivity index (χ0n) is 14.4. The van der Waals surface area contributed by atoms with Gasteiger partial charge in [0.2, 0.25) is 5.91 Å². The molecular formula is C21H15ClN2O3. The molecule has 0 unspecified atom stereocenters. The van der Waals surface area contributed by atoms with Crippen LogP contribution in [0.2, 0.25) is 5.02 Å². The highest BCUT2D eigenvalue weighted by Gasteiger charge is 2.24. The number of hydrogen-bond donors (Lipinski definition) is 2. The molecule has 0 spiro atoms. The minimum atomic E-state index is -0.196. The van der Waals surface area contributed by atoms with Crippen molar-refractivity contribution in [3.05, 3.63) is 70.9 Å². The number of carbonyl (C=O) groups excluding carboxylic acids is 2. The summed E-state index contributed by atoms with van der Waals surface area (Å²) in [6.45, 7) is 1.46. The van der Waals surface area contributed by atoms with E-state index in [0.717, 1.165) is 16.8 Å². The van der Waals surface area contributed by atoms with Crippen LogP contribution in [0.3, 0.4) is 0 Å². The largest absolute Gasteiger partial charge is 0.457 e. The second-order valence-electron chi connectivity index (χ2n) is 6.17. The van der Waals surface area contributed by atoms with Crippen molar-refractivity contribution in [2.75, 3.05) is 10.6 Å². The normalized spacial score (nSPS) is 14.1. The smallest absolute Gasteiger partial charge is 0.256 e.